The van der Waals surface area contributed by atoms with E-state index in [1.807, 2.05) is 25.1 Å². The molecular weight excluding hydrogens is 380 g/mol. The van der Waals surface area contributed by atoms with Gasteiger partial charge >= 0.3 is 0 Å². The third-order valence-corrected chi connectivity index (χ3v) is 5.60. The second-order valence-corrected chi connectivity index (χ2v) is 7.40. The van der Waals surface area contributed by atoms with E-state index in [1.165, 1.54) is 11.3 Å². The van der Waals surface area contributed by atoms with Crippen LogP contribution < -0.4 is 0 Å². The molecule has 4 rings (SSSR count). The summed E-state index contributed by atoms with van der Waals surface area (Å²) in [4.78, 5) is 14.7. The van der Waals surface area contributed by atoms with E-state index in [-0.39, 0.29) is 5.15 Å². The van der Waals surface area contributed by atoms with Crippen LogP contribution in [0.4, 0.5) is 0 Å². The molecule has 0 amide bonds. The molecule has 0 aliphatic heterocycles. The molecule has 0 aliphatic carbocycles. The van der Waals surface area contributed by atoms with Crippen LogP contribution >= 0.6 is 22.9 Å². The van der Waals surface area contributed by atoms with E-state index >= 15 is 0 Å². The molecule has 3 heterocycles. The van der Waals surface area contributed by atoms with Crippen molar-refractivity contribution in [3.63, 3.8) is 0 Å². The third-order valence-electron chi connectivity index (χ3n) is 4.20. The van der Waals surface area contributed by atoms with Gasteiger partial charge in [-0.15, -0.1) is 11.3 Å². The maximum Gasteiger partial charge on any atom is 0.161 e. The van der Waals surface area contributed by atoms with E-state index in [0.29, 0.717) is 17.0 Å². The number of fused-ring (bicyclic) bond motifs is 1. The highest BCUT2D eigenvalue weighted by molar-refractivity contribution is 7.18. The van der Waals surface area contributed by atoms with Crippen molar-refractivity contribution >= 4 is 33.2 Å². The molecule has 0 aliphatic rings. The number of pyridine rings is 1. The molecule has 7 heteroatoms. The number of thiophene rings is 1. The lowest BCUT2D eigenvalue weighted by atomic mass is 10.1. The number of aromatic nitrogens is 3. The lowest BCUT2D eigenvalue weighted by molar-refractivity contribution is 0.224. The smallest absolute Gasteiger partial charge is 0.161 e. The Bertz CT molecular complexity index is 1200. The molecule has 0 saturated heterocycles. The van der Waals surface area contributed by atoms with Crippen molar-refractivity contribution in [2.75, 3.05) is 0 Å². The Labute approximate surface area is 164 Å². The minimum atomic E-state index is -0.879. The summed E-state index contributed by atoms with van der Waals surface area (Å²) in [6.45, 7) is 1.90. The van der Waals surface area contributed by atoms with Gasteiger partial charge in [0.15, 0.2) is 5.82 Å². The van der Waals surface area contributed by atoms with Gasteiger partial charge in [-0.3, -0.25) is 0 Å². The first-order chi connectivity index (χ1) is 13.1. The van der Waals surface area contributed by atoms with Crippen molar-refractivity contribution in [1.29, 1.82) is 5.26 Å². The molecule has 1 N–H and O–H groups in total. The van der Waals surface area contributed by atoms with E-state index in [2.05, 4.69) is 21.0 Å². The highest BCUT2D eigenvalue weighted by Crippen LogP contribution is 2.35. The van der Waals surface area contributed by atoms with E-state index in [9.17, 15) is 5.11 Å². The average Bonchev–Trinajstić information content (AvgIpc) is 3.13. The summed E-state index contributed by atoms with van der Waals surface area (Å²) in [7, 11) is 0. The number of rotatable bonds is 3. The number of nitrogens with zero attached hydrogens (tertiary/aromatic N) is 4. The second-order valence-electron chi connectivity index (χ2n) is 5.98. The molecule has 132 valence electrons. The molecule has 5 nitrogen and oxygen atoms in total. The van der Waals surface area contributed by atoms with Gasteiger partial charge in [0.05, 0.1) is 17.3 Å². The molecule has 0 bridgehead atoms. The lowest BCUT2D eigenvalue weighted by Gasteiger charge is -2.09. The van der Waals surface area contributed by atoms with Crippen LogP contribution in [-0.4, -0.2) is 20.1 Å². The van der Waals surface area contributed by atoms with E-state index < -0.39 is 6.10 Å². The Hall–Kier alpha value is -2.85. The summed E-state index contributed by atoms with van der Waals surface area (Å²) < 4.78 is 0. The first-order valence-corrected chi connectivity index (χ1v) is 9.33. The van der Waals surface area contributed by atoms with Crippen molar-refractivity contribution in [3.8, 4) is 17.5 Å². The summed E-state index contributed by atoms with van der Waals surface area (Å²) in [5.74, 6) is 0.555. The van der Waals surface area contributed by atoms with Gasteiger partial charge in [-0.1, -0.05) is 29.8 Å². The van der Waals surface area contributed by atoms with Crippen molar-refractivity contribution in [2.45, 2.75) is 13.0 Å². The minimum absolute atomic E-state index is 0.277. The average molecular weight is 393 g/mol. The zero-order valence-corrected chi connectivity index (χ0v) is 15.8. The molecule has 27 heavy (non-hydrogen) atoms. The molecule has 1 aromatic carbocycles. The fourth-order valence-corrected chi connectivity index (χ4v) is 4.14. The largest absolute Gasteiger partial charge is 0.383 e. The summed E-state index contributed by atoms with van der Waals surface area (Å²) in [5, 5.41) is 21.0. The predicted molar refractivity (Wildman–Crippen MR) is 106 cm³/mol. The van der Waals surface area contributed by atoms with Gasteiger partial charge in [0, 0.05) is 27.6 Å². The SMILES string of the molecule is Cc1nc(-c2cccc(C#N)c2)nc2sc(C(O)c3cccnc3Cl)cc12. The first kappa shape index (κ1) is 17.6. The van der Waals surface area contributed by atoms with Gasteiger partial charge in [-0.05, 0) is 31.2 Å². The van der Waals surface area contributed by atoms with Crippen LogP contribution in [0.3, 0.4) is 0 Å². The Balaban J connectivity index is 1.80. The fourth-order valence-electron chi connectivity index (χ4n) is 2.83. The molecule has 0 spiro atoms. The Morgan fingerprint density at radius 3 is 2.81 bits per heavy atom. The Morgan fingerprint density at radius 2 is 2.04 bits per heavy atom. The zero-order chi connectivity index (χ0) is 19.0. The maximum absolute atomic E-state index is 10.7. The highest BCUT2D eigenvalue weighted by atomic mass is 35.5. The summed E-state index contributed by atoms with van der Waals surface area (Å²) >= 11 is 7.50. The van der Waals surface area contributed by atoms with Crippen LogP contribution in [-0.2, 0) is 0 Å². The fraction of sp³-hybridized carbons (Fsp3) is 0.100. The quantitative estimate of drug-likeness (QED) is 0.512. The minimum Gasteiger partial charge on any atom is -0.383 e. The van der Waals surface area contributed by atoms with Gasteiger partial charge in [-0.25, -0.2) is 15.0 Å². The third kappa shape index (κ3) is 3.28. The summed E-state index contributed by atoms with van der Waals surface area (Å²) in [6.07, 6.45) is 0.705. The van der Waals surface area contributed by atoms with Crippen LogP contribution in [0, 0.1) is 18.3 Å². The standard InChI is InChI=1S/C20H13ClN4OS/c1-11-15-9-16(17(26)14-6-3-7-23-18(14)21)27-20(15)25-19(24-11)13-5-2-4-12(8-13)10-22/h2-9,17,26H,1H3. The van der Waals surface area contributed by atoms with Crippen molar-refractivity contribution in [2.24, 2.45) is 0 Å². The molecule has 1 unspecified atom stereocenters. The summed E-state index contributed by atoms with van der Waals surface area (Å²) in [5.41, 5.74) is 2.70. The first-order valence-electron chi connectivity index (χ1n) is 8.14. The molecule has 1 atom stereocenters. The number of aryl methyl sites for hydroxylation is 1. The molecular formula is C20H13ClN4OS. The molecule has 4 aromatic rings. The van der Waals surface area contributed by atoms with Gasteiger partial charge in [-0.2, -0.15) is 5.26 Å². The molecule has 3 aromatic heterocycles. The van der Waals surface area contributed by atoms with Crippen LogP contribution in [0.15, 0.2) is 48.7 Å². The van der Waals surface area contributed by atoms with E-state index in [1.54, 1.807) is 30.5 Å². The summed E-state index contributed by atoms with van der Waals surface area (Å²) in [6, 6.07) is 14.7. The number of hydrogen-bond donors (Lipinski definition) is 1. The number of halogens is 1. The van der Waals surface area contributed by atoms with E-state index in [0.717, 1.165) is 26.4 Å². The van der Waals surface area contributed by atoms with E-state index in [4.69, 9.17) is 16.9 Å². The molecule has 0 fully saturated rings. The monoisotopic (exact) mass is 392 g/mol. The van der Waals surface area contributed by atoms with Crippen LogP contribution in [0.25, 0.3) is 21.6 Å². The number of benzene rings is 1. The lowest BCUT2D eigenvalue weighted by Crippen LogP contribution is -1.98. The zero-order valence-electron chi connectivity index (χ0n) is 14.2. The van der Waals surface area contributed by atoms with Crippen LogP contribution in [0.2, 0.25) is 5.15 Å². The van der Waals surface area contributed by atoms with Crippen molar-refractivity contribution < 1.29 is 5.11 Å². The van der Waals surface area contributed by atoms with Gasteiger partial charge in [0.2, 0.25) is 0 Å². The van der Waals surface area contributed by atoms with Gasteiger partial charge < -0.3 is 5.11 Å². The van der Waals surface area contributed by atoms with Gasteiger partial charge in [0.25, 0.3) is 0 Å². The molecule has 0 saturated carbocycles. The highest BCUT2D eigenvalue weighted by Gasteiger charge is 2.19. The van der Waals surface area contributed by atoms with Crippen molar-refractivity contribution in [3.05, 3.63) is 75.5 Å². The van der Waals surface area contributed by atoms with Gasteiger partial charge in [0.1, 0.15) is 16.1 Å². The number of aliphatic hydroxyl groups excluding tert-OH is 1. The van der Waals surface area contributed by atoms with Crippen LogP contribution in [0.1, 0.15) is 27.8 Å². The normalized spacial score (nSPS) is 12.1. The second kappa shape index (κ2) is 7.05. The van der Waals surface area contributed by atoms with Crippen LogP contribution in [0.5, 0.6) is 0 Å². The molecule has 0 radical (unpaired) electrons. The number of aliphatic hydroxyl groups is 1. The topological polar surface area (TPSA) is 82.7 Å². The number of hydrogen-bond acceptors (Lipinski definition) is 6. The number of nitriles is 1. The predicted octanol–water partition coefficient (Wildman–Crippen LogP) is 4.67. The maximum atomic E-state index is 10.7. The van der Waals surface area contributed by atoms with Crippen molar-refractivity contribution in [1.82, 2.24) is 15.0 Å². The Morgan fingerprint density at radius 1 is 1.19 bits per heavy atom. The Kier molecular flexibility index (Phi) is 4.58.